The second-order valence-corrected chi connectivity index (χ2v) is 5.19. The molecule has 4 heteroatoms. The molecule has 0 saturated carbocycles. The molecule has 0 aliphatic carbocycles. The number of carbonyl (C=O) groups is 2. The zero-order valence-electron chi connectivity index (χ0n) is 10.8. The van der Waals surface area contributed by atoms with Crippen LogP contribution in [-0.2, 0) is 9.53 Å². The van der Waals surface area contributed by atoms with Gasteiger partial charge in [-0.1, -0.05) is 25.3 Å². The van der Waals surface area contributed by atoms with Gasteiger partial charge in [0.1, 0.15) is 0 Å². The zero-order valence-corrected chi connectivity index (χ0v) is 11.6. The summed E-state index contributed by atoms with van der Waals surface area (Å²) in [7, 11) is 1.42. The van der Waals surface area contributed by atoms with E-state index in [9.17, 15) is 9.59 Å². The average Bonchev–Trinajstić information content (AvgIpc) is 2.91. The van der Waals surface area contributed by atoms with Crippen LogP contribution < -0.4 is 0 Å². The Balaban J connectivity index is 1.96. The van der Waals surface area contributed by atoms with Crippen LogP contribution in [0.3, 0.4) is 0 Å². The molecule has 0 aliphatic heterocycles. The first kappa shape index (κ1) is 14.9. The van der Waals surface area contributed by atoms with E-state index in [4.69, 9.17) is 0 Å². The van der Waals surface area contributed by atoms with E-state index in [1.165, 1.54) is 18.4 Å². The minimum absolute atomic E-state index is 0.136. The predicted octanol–water partition coefficient (Wildman–Crippen LogP) is 3.83. The Morgan fingerprint density at radius 3 is 2.39 bits per heavy atom. The highest BCUT2D eigenvalue weighted by Crippen LogP contribution is 2.14. The fraction of sp³-hybridized carbons (Fsp3) is 0.571. The van der Waals surface area contributed by atoms with Crippen molar-refractivity contribution in [1.82, 2.24) is 0 Å². The van der Waals surface area contributed by atoms with Gasteiger partial charge in [-0.3, -0.25) is 9.59 Å². The molecule has 0 atom stereocenters. The molecule has 0 bridgehead atoms. The Hall–Kier alpha value is -1.16. The molecule has 0 aliphatic rings. The molecule has 18 heavy (non-hydrogen) atoms. The highest BCUT2D eigenvalue weighted by atomic mass is 32.1. The number of hydrogen-bond acceptors (Lipinski definition) is 4. The Morgan fingerprint density at radius 2 is 1.78 bits per heavy atom. The molecule has 1 rings (SSSR count). The summed E-state index contributed by atoms with van der Waals surface area (Å²) in [6.07, 6.45) is 6.12. The van der Waals surface area contributed by atoms with Crippen molar-refractivity contribution in [1.29, 1.82) is 0 Å². The molecule has 0 radical (unpaired) electrons. The van der Waals surface area contributed by atoms with Crippen LogP contribution in [0.1, 0.15) is 54.6 Å². The molecule has 1 aromatic heterocycles. The number of hydrogen-bond donors (Lipinski definition) is 0. The van der Waals surface area contributed by atoms with Gasteiger partial charge in [0, 0.05) is 12.8 Å². The van der Waals surface area contributed by atoms with Crippen LogP contribution in [-0.4, -0.2) is 18.9 Å². The van der Waals surface area contributed by atoms with Gasteiger partial charge in [0.15, 0.2) is 5.78 Å². The van der Waals surface area contributed by atoms with Crippen LogP contribution in [0.5, 0.6) is 0 Å². The normalized spacial score (nSPS) is 10.3. The van der Waals surface area contributed by atoms with Gasteiger partial charge in [0.05, 0.1) is 12.0 Å². The molecule has 0 spiro atoms. The SMILES string of the molecule is COC(=O)CCCCCCCC(=O)c1cccs1. The first-order valence-corrected chi connectivity index (χ1v) is 7.25. The quantitative estimate of drug-likeness (QED) is 0.388. The van der Waals surface area contributed by atoms with Crippen LogP contribution in [0.4, 0.5) is 0 Å². The van der Waals surface area contributed by atoms with E-state index in [0.29, 0.717) is 12.8 Å². The smallest absolute Gasteiger partial charge is 0.305 e. The van der Waals surface area contributed by atoms with Gasteiger partial charge in [-0.05, 0) is 24.3 Å². The number of rotatable bonds is 9. The monoisotopic (exact) mass is 268 g/mol. The Morgan fingerprint density at radius 1 is 1.11 bits per heavy atom. The summed E-state index contributed by atoms with van der Waals surface area (Å²) in [5.41, 5.74) is 0. The van der Waals surface area contributed by atoms with Crippen LogP contribution in [0.15, 0.2) is 17.5 Å². The Labute approximate surface area is 112 Å². The van der Waals surface area contributed by atoms with Gasteiger partial charge in [-0.2, -0.15) is 0 Å². The number of thiophene rings is 1. The minimum Gasteiger partial charge on any atom is -0.469 e. The van der Waals surface area contributed by atoms with Gasteiger partial charge >= 0.3 is 5.97 Å². The minimum atomic E-state index is -0.136. The van der Waals surface area contributed by atoms with Crippen molar-refractivity contribution in [2.75, 3.05) is 7.11 Å². The maximum atomic E-state index is 11.7. The second kappa shape index (κ2) is 8.86. The Kier molecular flexibility index (Phi) is 7.34. The van der Waals surface area contributed by atoms with Crippen LogP contribution >= 0.6 is 11.3 Å². The lowest BCUT2D eigenvalue weighted by Gasteiger charge is -2.01. The number of carbonyl (C=O) groups excluding carboxylic acids is 2. The summed E-state index contributed by atoms with van der Waals surface area (Å²) in [4.78, 5) is 23.4. The number of esters is 1. The van der Waals surface area contributed by atoms with Gasteiger partial charge in [-0.15, -0.1) is 11.3 Å². The van der Waals surface area contributed by atoms with Crippen molar-refractivity contribution in [3.8, 4) is 0 Å². The highest BCUT2D eigenvalue weighted by molar-refractivity contribution is 7.12. The molecule has 0 saturated heterocycles. The molecule has 100 valence electrons. The molecule has 0 N–H and O–H groups in total. The van der Waals surface area contributed by atoms with E-state index in [1.807, 2.05) is 17.5 Å². The van der Waals surface area contributed by atoms with Gasteiger partial charge in [-0.25, -0.2) is 0 Å². The van der Waals surface area contributed by atoms with E-state index >= 15 is 0 Å². The lowest BCUT2D eigenvalue weighted by Crippen LogP contribution is -1.99. The lowest BCUT2D eigenvalue weighted by molar-refractivity contribution is -0.140. The average molecular weight is 268 g/mol. The Bertz CT molecular complexity index is 357. The first-order valence-electron chi connectivity index (χ1n) is 6.37. The third-order valence-electron chi connectivity index (χ3n) is 2.81. The van der Waals surface area contributed by atoms with Crippen molar-refractivity contribution in [2.45, 2.75) is 44.9 Å². The fourth-order valence-electron chi connectivity index (χ4n) is 1.75. The van der Waals surface area contributed by atoms with E-state index < -0.39 is 0 Å². The van der Waals surface area contributed by atoms with Crippen molar-refractivity contribution >= 4 is 23.1 Å². The standard InChI is InChI=1S/C14H20O3S/c1-17-14(16)10-6-4-2-3-5-8-12(15)13-9-7-11-18-13/h7,9,11H,2-6,8,10H2,1H3. The number of unbranched alkanes of at least 4 members (excludes halogenated alkanes) is 4. The van der Waals surface area contributed by atoms with Crippen LogP contribution in [0, 0.1) is 0 Å². The van der Waals surface area contributed by atoms with Crippen molar-refractivity contribution in [2.24, 2.45) is 0 Å². The molecule has 0 fully saturated rings. The lowest BCUT2D eigenvalue weighted by atomic mass is 10.1. The number of methoxy groups -OCH3 is 1. The topological polar surface area (TPSA) is 43.4 Å². The van der Waals surface area contributed by atoms with Crippen molar-refractivity contribution in [3.63, 3.8) is 0 Å². The third-order valence-corrected chi connectivity index (χ3v) is 3.72. The third kappa shape index (κ3) is 5.96. The van der Waals surface area contributed by atoms with Gasteiger partial charge in [0.25, 0.3) is 0 Å². The summed E-state index contributed by atoms with van der Waals surface area (Å²) in [5, 5.41) is 1.93. The van der Waals surface area contributed by atoms with E-state index in [0.717, 1.165) is 37.0 Å². The molecule has 1 heterocycles. The zero-order chi connectivity index (χ0) is 13.2. The molecular formula is C14H20O3S. The van der Waals surface area contributed by atoms with Crippen molar-refractivity contribution in [3.05, 3.63) is 22.4 Å². The second-order valence-electron chi connectivity index (χ2n) is 4.24. The molecule has 1 aromatic rings. The summed E-state index contributed by atoms with van der Waals surface area (Å²) in [6.45, 7) is 0. The van der Waals surface area contributed by atoms with Crippen LogP contribution in [0.25, 0.3) is 0 Å². The van der Waals surface area contributed by atoms with Crippen molar-refractivity contribution < 1.29 is 14.3 Å². The summed E-state index contributed by atoms with van der Waals surface area (Å²) < 4.78 is 4.57. The van der Waals surface area contributed by atoms with Gasteiger partial charge < -0.3 is 4.74 Å². The molecular weight excluding hydrogens is 248 g/mol. The molecule has 0 aromatic carbocycles. The van der Waals surface area contributed by atoms with E-state index in [-0.39, 0.29) is 11.8 Å². The summed E-state index contributed by atoms with van der Waals surface area (Å²) in [6, 6.07) is 3.79. The van der Waals surface area contributed by atoms with E-state index in [1.54, 1.807) is 0 Å². The summed E-state index contributed by atoms with van der Waals surface area (Å²) >= 11 is 1.51. The molecule has 3 nitrogen and oxygen atoms in total. The highest BCUT2D eigenvalue weighted by Gasteiger charge is 2.05. The predicted molar refractivity (Wildman–Crippen MR) is 73.0 cm³/mol. The number of ketones is 1. The molecule has 0 amide bonds. The molecule has 0 unspecified atom stereocenters. The van der Waals surface area contributed by atoms with Gasteiger partial charge in [0.2, 0.25) is 0 Å². The fourth-order valence-corrected chi connectivity index (χ4v) is 2.44. The first-order chi connectivity index (χ1) is 8.74. The van der Waals surface area contributed by atoms with E-state index in [2.05, 4.69) is 4.74 Å². The number of ether oxygens (including phenoxy) is 1. The number of Topliss-reactive ketones (excluding diaryl/α,β-unsaturated/α-hetero) is 1. The summed E-state index contributed by atoms with van der Waals surface area (Å²) in [5.74, 6) is 0.113. The largest absolute Gasteiger partial charge is 0.469 e. The maximum Gasteiger partial charge on any atom is 0.305 e. The maximum absolute atomic E-state index is 11.7. The van der Waals surface area contributed by atoms with Crippen LogP contribution in [0.2, 0.25) is 0 Å².